The maximum Gasteiger partial charge on any atom is 0.243 e. The van der Waals surface area contributed by atoms with Crippen molar-refractivity contribution in [1.82, 2.24) is 10.2 Å². The molecule has 6 heteroatoms. The normalized spacial score (nSPS) is 15.1. The molecule has 32 heavy (non-hydrogen) atoms. The van der Waals surface area contributed by atoms with Gasteiger partial charge in [0, 0.05) is 17.6 Å². The lowest BCUT2D eigenvalue weighted by molar-refractivity contribution is -0.141. The lowest BCUT2D eigenvalue weighted by Gasteiger charge is -2.33. The van der Waals surface area contributed by atoms with Crippen LogP contribution >= 0.6 is 11.6 Å². The van der Waals surface area contributed by atoms with Crippen molar-refractivity contribution in [3.05, 3.63) is 64.7 Å². The van der Waals surface area contributed by atoms with Crippen molar-refractivity contribution in [2.75, 3.05) is 7.11 Å². The summed E-state index contributed by atoms with van der Waals surface area (Å²) < 4.78 is 5.25. The van der Waals surface area contributed by atoms with Crippen LogP contribution in [0.3, 0.4) is 0 Å². The summed E-state index contributed by atoms with van der Waals surface area (Å²) in [5.74, 6) is 0.626. The quantitative estimate of drug-likeness (QED) is 0.567. The van der Waals surface area contributed by atoms with E-state index in [0.717, 1.165) is 42.6 Å². The molecule has 1 atom stereocenters. The van der Waals surface area contributed by atoms with E-state index in [4.69, 9.17) is 16.3 Å². The molecule has 0 aliphatic heterocycles. The van der Waals surface area contributed by atoms with E-state index >= 15 is 0 Å². The Morgan fingerprint density at radius 1 is 1.03 bits per heavy atom. The van der Waals surface area contributed by atoms with E-state index in [9.17, 15) is 9.59 Å². The van der Waals surface area contributed by atoms with Gasteiger partial charge in [-0.15, -0.1) is 0 Å². The largest absolute Gasteiger partial charge is 0.497 e. The van der Waals surface area contributed by atoms with Crippen LogP contribution in [-0.4, -0.2) is 35.9 Å². The van der Waals surface area contributed by atoms with E-state index in [1.54, 1.807) is 24.1 Å². The smallest absolute Gasteiger partial charge is 0.243 e. The van der Waals surface area contributed by atoms with Crippen LogP contribution in [-0.2, 0) is 22.6 Å². The average molecular weight is 457 g/mol. The SMILES string of the molecule is CCC(C(=O)NC1CCCCC1)N(Cc1ccc(OC)cc1)C(=O)Cc1ccc(Cl)cc1. The Bertz CT molecular complexity index is 877. The number of nitrogens with zero attached hydrogens (tertiary/aromatic N) is 1. The minimum absolute atomic E-state index is 0.0580. The van der Waals surface area contributed by atoms with Crippen LogP contribution in [0, 0.1) is 0 Å². The van der Waals surface area contributed by atoms with Gasteiger partial charge in [-0.2, -0.15) is 0 Å². The van der Waals surface area contributed by atoms with Gasteiger partial charge < -0.3 is 15.0 Å². The first kappa shape index (κ1) is 24.1. The number of rotatable bonds is 9. The Hall–Kier alpha value is -2.53. The Balaban J connectivity index is 1.79. The first-order chi connectivity index (χ1) is 15.5. The number of nitrogens with one attached hydrogen (secondary N) is 1. The van der Waals surface area contributed by atoms with Gasteiger partial charge >= 0.3 is 0 Å². The predicted octanol–water partition coefficient (Wildman–Crippen LogP) is 5.15. The number of benzene rings is 2. The molecular formula is C26H33ClN2O3. The fourth-order valence-electron chi connectivity index (χ4n) is 4.27. The van der Waals surface area contributed by atoms with Gasteiger partial charge in [-0.05, 0) is 54.7 Å². The molecule has 1 unspecified atom stereocenters. The molecule has 2 aromatic rings. The first-order valence-electron chi connectivity index (χ1n) is 11.5. The maximum absolute atomic E-state index is 13.4. The molecule has 172 valence electrons. The Morgan fingerprint density at radius 3 is 2.25 bits per heavy atom. The molecule has 0 radical (unpaired) electrons. The molecule has 2 aromatic carbocycles. The van der Waals surface area contributed by atoms with E-state index in [2.05, 4.69) is 5.32 Å². The highest BCUT2D eigenvalue weighted by Crippen LogP contribution is 2.21. The summed E-state index contributed by atoms with van der Waals surface area (Å²) in [6, 6.07) is 14.6. The van der Waals surface area contributed by atoms with Crippen LogP contribution in [0.15, 0.2) is 48.5 Å². The van der Waals surface area contributed by atoms with Crippen LogP contribution in [0.1, 0.15) is 56.6 Å². The Kier molecular flexibility index (Phi) is 8.98. The van der Waals surface area contributed by atoms with Gasteiger partial charge in [-0.1, -0.05) is 62.1 Å². The zero-order valence-electron chi connectivity index (χ0n) is 19.0. The fraction of sp³-hybridized carbons (Fsp3) is 0.462. The molecule has 1 saturated carbocycles. The highest BCUT2D eigenvalue weighted by Gasteiger charge is 2.30. The number of carbonyl (C=O) groups excluding carboxylic acids is 2. The van der Waals surface area contributed by atoms with E-state index in [0.29, 0.717) is 18.0 Å². The third-order valence-electron chi connectivity index (χ3n) is 6.12. The summed E-state index contributed by atoms with van der Waals surface area (Å²) in [5, 5.41) is 3.84. The summed E-state index contributed by atoms with van der Waals surface area (Å²) in [5.41, 5.74) is 1.83. The van der Waals surface area contributed by atoms with Crippen molar-refractivity contribution in [1.29, 1.82) is 0 Å². The van der Waals surface area contributed by atoms with Gasteiger partial charge in [0.2, 0.25) is 11.8 Å². The number of hydrogen-bond donors (Lipinski definition) is 1. The zero-order valence-corrected chi connectivity index (χ0v) is 19.7. The van der Waals surface area contributed by atoms with Crippen LogP contribution < -0.4 is 10.1 Å². The maximum atomic E-state index is 13.4. The second kappa shape index (κ2) is 11.9. The van der Waals surface area contributed by atoms with Crippen molar-refractivity contribution in [3.63, 3.8) is 0 Å². The Labute approximate surface area is 196 Å². The number of hydrogen-bond acceptors (Lipinski definition) is 3. The van der Waals surface area contributed by atoms with E-state index in [1.165, 1.54) is 6.42 Å². The van der Waals surface area contributed by atoms with Crippen LogP contribution in [0.4, 0.5) is 0 Å². The van der Waals surface area contributed by atoms with Crippen LogP contribution in [0.2, 0.25) is 5.02 Å². The number of halogens is 1. The minimum Gasteiger partial charge on any atom is -0.497 e. The molecular weight excluding hydrogens is 424 g/mol. The van der Waals surface area contributed by atoms with Gasteiger partial charge in [0.15, 0.2) is 0 Å². The summed E-state index contributed by atoms with van der Waals surface area (Å²) >= 11 is 5.99. The molecule has 1 fully saturated rings. The third-order valence-corrected chi connectivity index (χ3v) is 6.37. The molecule has 1 aliphatic rings. The van der Waals surface area contributed by atoms with Crippen molar-refractivity contribution in [2.45, 2.75) is 70.5 Å². The van der Waals surface area contributed by atoms with Gasteiger partial charge in [-0.3, -0.25) is 9.59 Å². The molecule has 1 N–H and O–H groups in total. The molecule has 0 aromatic heterocycles. The molecule has 0 saturated heterocycles. The molecule has 0 spiro atoms. The summed E-state index contributed by atoms with van der Waals surface area (Å²) in [4.78, 5) is 28.4. The van der Waals surface area contributed by atoms with E-state index in [1.807, 2.05) is 43.3 Å². The standard InChI is InChI=1S/C26H33ClN2O3/c1-3-24(26(31)28-22-7-5-4-6-8-22)29(18-20-11-15-23(32-2)16-12-20)25(30)17-19-9-13-21(27)14-10-19/h9-16,22,24H,3-8,17-18H2,1-2H3,(H,28,31). The number of carbonyl (C=O) groups is 2. The first-order valence-corrected chi connectivity index (χ1v) is 11.8. The lowest BCUT2D eigenvalue weighted by Crippen LogP contribution is -2.51. The van der Waals surface area contributed by atoms with Crippen LogP contribution in [0.25, 0.3) is 0 Å². The average Bonchev–Trinajstić information content (AvgIpc) is 2.81. The second-order valence-corrected chi connectivity index (χ2v) is 8.88. The molecule has 0 heterocycles. The van der Waals surface area contributed by atoms with Crippen molar-refractivity contribution >= 4 is 23.4 Å². The van der Waals surface area contributed by atoms with E-state index < -0.39 is 6.04 Å². The Morgan fingerprint density at radius 2 is 1.66 bits per heavy atom. The molecule has 0 bridgehead atoms. The van der Waals surface area contributed by atoms with Crippen molar-refractivity contribution in [2.24, 2.45) is 0 Å². The number of methoxy groups -OCH3 is 1. The summed E-state index contributed by atoms with van der Waals surface area (Å²) in [7, 11) is 1.62. The summed E-state index contributed by atoms with van der Waals surface area (Å²) in [6.07, 6.45) is 6.33. The molecule has 3 rings (SSSR count). The predicted molar refractivity (Wildman–Crippen MR) is 128 cm³/mol. The molecule has 1 aliphatic carbocycles. The summed E-state index contributed by atoms with van der Waals surface area (Å²) in [6.45, 7) is 2.33. The lowest BCUT2D eigenvalue weighted by atomic mass is 9.95. The van der Waals surface area contributed by atoms with Gasteiger partial charge in [0.1, 0.15) is 11.8 Å². The minimum atomic E-state index is -0.515. The second-order valence-electron chi connectivity index (χ2n) is 8.44. The van der Waals surface area contributed by atoms with Gasteiger partial charge in [-0.25, -0.2) is 0 Å². The van der Waals surface area contributed by atoms with Crippen LogP contribution in [0.5, 0.6) is 5.75 Å². The van der Waals surface area contributed by atoms with E-state index in [-0.39, 0.29) is 24.3 Å². The fourth-order valence-corrected chi connectivity index (χ4v) is 4.40. The van der Waals surface area contributed by atoms with Crippen molar-refractivity contribution < 1.29 is 14.3 Å². The highest BCUT2D eigenvalue weighted by molar-refractivity contribution is 6.30. The zero-order chi connectivity index (χ0) is 22.9. The number of ether oxygens (including phenoxy) is 1. The third kappa shape index (κ3) is 6.73. The van der Waals surface area contributed by atoms with Gasteiger partial charge in [0.25, 0.3) is 0 Å². The number of amides is 2. The molecule has 2 amide bonds. The van der Waals surface area contributed by atoms with Gasteiger partial charge in [0.05, 0.1) is 13.5 Å². The van der Waals surface area contributed by atoms with Crippen molar-refractivity contribution in [3.8, 4) is 5.75 Å². The highest BCUT2D eigenvalue weighted by atomic mass is 35.5. The monoisotopic (exact) mass is 456 g/mol. The molecule has 5 nitrogen and oxygen atoms in total. The topological polar surface area (TPSA) is 58.6 Å².